The highest BCUT2D eigenvalue weighted by Crippen LogP contribution is 2.39. The lowest BCUT2D eigenvalue weighted by Gasteiger charge is -2.12. The highest BCUT2D eigenvalue weighted by Gasteiger charge is 2.38. The van der Waals surface area contributed by atoms with Crippen LogP contribution in [0.5, 0.6) is 0 Å². The SMILES string of the molecule is CCOC(=O)C1CC(CC(=O)O)CC1C.CCOC(=O)C1CC(CCO)CC1C. The number of aliphatic hydroxyl groups is 1. The molecular weight excluding hydrogens is 376 g/mol. The fraction of sp³-hybridized carbons (Fsp3) is 0.864. The summed E-state index contributed by atoms with van der Waals surface area (Å²) in [5.74, 6) is 0.242. The Morgan fingerprint density at radius 3 is 1.69 bits per heavy atom. The Bertz CT molecular complexity index is 533. The summed E-state index contributed by atoms with van der Waals surface area (Å²) in [6.45, 7) is 8.79. The molecular formula is C22H38O7. The van der Waals surface area contributed by atoms with Crippen molar-refractivity contribution in [2.75, 3.05) is 19.8 Å². The number of aliphatic carboxylic acids is 1. The minimum Gasteiger partial charge on any atom is -0.481 e. The molecule has 0 saturated heterocycles. The zero-order valence-corrected chi connectivity index (χ0v) is 18.3. The number of carbonyl (C=O) groups excluding carboxylic acids is 2. The normalized spacial score (nSPS) is 30.9. The van der Waals surface area contributed by atoms with E-state index in [1.165, 1.54) is 0 Å². The average Bonchev–Trinajstić information content (AvgIpc) is 3.18. The van der Waals surface area contributed by atoms with E-state index in [9.17, 15) is 14.4 Å². The van der Waals surface area contributed by atoms with Gasteiger partial charge in [0.1, 0.15) is 0 Å². The Labute approximate surface area is 174 Å². The van der Waals surface area contributed by atoms with E-state index in [0.29, 0.717) is 31.5 Å². The summed E-state index contributed by atoms with van der Waals surface area (Å²) in [5.41, 5.74) is 0. The molecule has 0 heterocycles. The Balaban J connectivity index is 0.000000291. The van der Waals surface area contributed by atoms with E-state index in [2.05, 4.69) is 6.92 Å². The van der Waals surface area contributed by atoms with Gasteiger partial charge in [-0.15, -0.1) is 0 Å². The lowest BCUT2D eigenvalue weighted by Crippen LogP contribution is -2.19. The number of carboxylic acids is 1. The molecule has 6 unspecified atom stereocenters. The Morgan fingerprint density at radius 1 is 0.828 bits per heavy atom. The zero-order valence-electron chi connectivity index (χ0n) is 18.3. The third-order valence-electron chi connectivity index (χ3n) is 6.14. The van der Waals surface area contributed by atoms with Crippen LogP contribution in [-0.4, -0.2) is 47.9 Å². The summed E-state index contributed by atoms with van der Waals surface area (Å²) in [6.07, 6.45) is 4.40. The molecule has 2 aliphatic rings. The lowest BCUT2D eigenvalue weighted by molar-refractivity contribution is -0.150. The summed E-state index contributed by atoms with van der Waals surface area (Å²) in [5, 5.41) is 17.5. The second-order valence-corrected chi connectivity index (χ2v) is 8.46. The molecule has 0 aromatic heterocycles. The van der Waals surface area contributed by atoms with Gasteiger partial charge in [0.05, 0.1) is 25.0 Å². The van der Waals surface area contributed by atoms with Gasteiger partial charge in [-0.2, -0.15) is 0 Å². The van der Waals surface area contributed by atoms with Crippen molar-refractivity contribution in [2.45, 2.75) is 66.2 Å². The minimum absolute atomic E-state index is 0.0551. The number of aliphatic hydroxyl groups excluding tert-OH is 1. The minimum atomic E-state index is -0.781. The van der Waals surface area contributed by atoms with Gasteiger partial charge < -0.3 is 19.7 Å². The monoisotopic (exact) mass is 414 g/mol. The van der Waals surface area contributed by atoms with Gasteiger partial charge in [-0.1, -0.05) is 13.8 Å². The third-order valence-corrected chi connectivity index (χ3v) is 6.14. The maximum atomic E-state index is 11.5. The van der Waals surface area contributed by atoms with Crippen molar-refractivity contribution in [3.63, 3.8) is 0 Å². The van der Waals surface area contributed by atoms with Gasteiger partial charge in [-0.05, 0) is 69.6 Å². The molecule has 168 valence electrons. The van der Waals surface area contributed by atoms with E-state index in [-0.39, 0.29) is 48.6 Å². The largest absolute Gasteiger partial charge is 0.481 e. The average molecular weight is 415 g/mol. The molecule has 7 heteroatoms. The first-order chi connectivity index (χ1) is 13.7. The van der Waals surface area contributed by atoms with Crippen LogP contribution in [0.25, 0.3) is 0 Å². The molecule has 2 aliphatic carbocycles. The van der Waals surface area contributed by atoms with Crippen LogP contribution in [0.1, 0.15) is 66.2 Å². The maximum absolute atomic E-state index is 11.5. The smallest absolute Gasteiger partial charge is 0.309 e. The zero-order chi connectivity index (χ0) is 22.0. The second kappa shape index (κ2) is 12.8. The van der Waals surface area contributed by atoms with Gasteiger partial charge in [0, 0.05) is 13.0 Å². The number of carbonyl (C=O) groups is 3. The molecule has 0 aromatic carbocycles. The molecule has 2 rings (SSSR count). The summed E-state index contributed by atoms with van der Waals surface area (Å²) in [6, 6.07) is 0. The predicted molar refractivity (Wildman–Crippen MR) is 108 cm³/mol. The fourth-order valence-electron chi connectivity index (χ4n) is 4.74. The van der Waals surface area contributed by atoms with Gasteiger partial charge in [0.15, 0.2) is 0 Å². The molecule has 0 aliphatic heterocycles. The van der Waals surface area contributed by atoms with E-state index in [1.807, 2.05) is 13.8 Å². The molecule has 0 amide bonds. The van der Waals surface area contributed by atoms with Crippen molar-refractivity contribution in [1.29, 1.82) is 0 Å². The molecule has 2 fully saturated rings. The van der Waals surface area contributed by atoms with Gasteiger partial charge >= 0.3 is 17.9 Å². The third kappa shape index (κ3) is 8.33. The number of rotatable bonds is 8. The molecule has 0 aromatic rings. The van der Waals surface area contributed by atoms with E-state index < -0.39 is 5.97 Å². The second-order valence-electron chi connectivity index (χ2n) is 8.46. The molecule has 6 atom stereocenters. The predicted octanol–water partition coefficient (Wildman–Crippen LogP) is 3.28. The summed E-state index contributed by atoms with van der Waals surface area (Å²) in [7, 11) is 0. The molecule has 29 heavy (non-hydrogen) atoms. The van der Waals surface area contributed by atoms with Crippen LogP contribution in [-0.2, 0) is 23.9 Å². The summed E-state index contributed by atoms with van der Waals surface area (Å²) < 4.78 is 9.98. The molecule has 0 bridgehead atoms. The number of ether oxygens (including phenoxy) is 2. The van der Waals surface area contributed by atoms with Gasteiger partial charge in [0.2, 0.25) is 0 Å². The Hall–Kier alpha value is -1.63. The van der Waals surface area contributed by atoms with Gasteiger partial charge in [-0.3, -0.25) is 14.4 Å². The first kappa shape index (κ1) is 25.4. The number of hydrogen-bond acceptors (Lipinski definition) is 6. The number of hydrogen-bond donors (Lipinski definition) is 2. The number of carboxylic acid groups (broad SMARTS) is 1. The van der Waals surface area contributed by atoms with Crippen LogP contribution < -0.4 is 0 Å². The first-order valence-electron chi connectivity index (χ1n) is 10.9. The lowest BCUT2D eigenvalue weighted by atomic mass is 9.99. The van der Waals surface area contributed by atoms with Crippen LogP contribution in [0.2, 0.25) is 0 Å². The van der Waals surface area contributed by atoms with Crippen molar-refractivity contribution >= 4 is 17.9 Å². The van der Waals surface area contributed by atoms with Crippen molar-refractivity contribution in [2.24, 2.45) is 35.5 Å². The first-order valence-corrected chi connectivity index (χ1v) is 10.9. The molecule has 2 N–H and O–H groups in total. The molecule has 2 saturated carbocycles. The maximum Gasteiger partial charge on any atom is 0.309 e. The molecule has 0 spiro atoms. The van der Waals surface area contributed by atoms with Crippen molar-refractivity contribution in [3.8, 4) is 0 Å². The van der Waals surface area contributed by atoms with Crippen LogP contribution in [0.4, 0.5) is 0 Å². The van der Waals surface area contributed by atoms with Crippen LogP contribution in [0, 0.1) is 35.5 Å². The molecule has 7 nitrogen and oxygen atoms in total. The highest BCUT2D eigenvalue weighted by molar-refractivity contribution is 5.74. The van der Waals surface area contributed by atoms with E-state index in [0.717, 1.165) is 25.7 Å². The Morgan fingerprint density at radius 2 is 1.28 bits per heavy atom. The van der Waals surface area contributed by atoms with E-state index in [1.54, 1.807) is 6.92 Å². The van der Waals surface area contributed by atoms with Crippen LogP contribution in [0.3, 0.4) is 0 Å². The van der Waals surface area contributed by atoms with Crippen molar-refractivity contribution < 1.29 is 34.1 Å². The fourth-order valence-corrected chi connectivity index (χ4v) is 4.74. The quantitative estimate of drug-likeness (QED) is 0.586. The highest BCUT2D eigenvalue weighted by atomic mass is 16.5. The number of esters is 2. The van der Waals surface area contributed by atoms with Crippen molar-refractivity contribution in [1.82, 2.24) is 0 Å². The summed E-state index contributed by atoms with van der Waals surface area (Å²) >= 11 is 0. The topological polar surface area (TPSA) is 110 Å². The van der Waals surface area contributed by atoms with Gasteiger partial charge in [-0.25, -0.2) is 0 Å². The van der Waals surface area contributed by atoms with E-state index >= 15 is 0 Å². The van der Waals surface area contributed by atoms with Crippen LogP contribution >= 0.6 is 0 Å². The van der Waals surface area contributed by atoms with Crippen LogP contribution in [0.15, 0.2) is 0 Å². The van der Waals surface area contributed by atoms with Gasteiger partial charge in [0.25, 0.3) is 0 Å². The van der Waals surface area contributed by atoms with E-state index in [4.69, 9.17) is 19.7 Å². The standard InChI is InChI=1S/C11H18O4.C11H20O3/c1-3-15-11(14)9-5-8(4-7(9)2)6-10(12)13;1-3-14-11(13)10-7-9(4-5-12)6-8(10)2/h7-9H,3-6H2,1-2H3,(H,12,13);8-10,12H,3-7H2,1-2H3. The molecule has 0 radical (unpaired) electrons. The summed E-state index contributed by atoms with van der Waals surface area (Å²) in [4.78, 5) is 33.6. The van der Waals surface area contributed by atoms with Crippen molar-refractivity contribution in [3.05, 3.63) is 0 Å². The Kier molecular flexibility index (Phi) is 11.2.